The molecule has 0 unspecified atom stereocenters. The van der Waals surface area contributed by atoms with Crippen LogP contribution in [0.3, 0.4) is 0 Å². The quantitative estimate of drug-likeness (QED) is 0.498. The van der Waals surface area contributed by atoms with E-state index in [4.69, 9.17) is 11.6 Å². The van der Waals surface area contributed by atoms with Crippen LogP contribution >= 0.6 is 22.9 Å². The van der Waals surface area contributed by atoms with Gasteiger partial charge in [0.05, 0.1) is 15.6 Å². The van der Waals surface area contributed by atoms with Crippen molar-refractivity contribution in [3.63, 3.8) is 0 Å². The second-order valence-electron chi connectivity index (χ2n) is 9.07. The van der Waals surface area contributed by atoms with E-state index in [9.17, 15) is 18.3 Å². The molecule has 2 aromatic rings. The molecule has 0 radical (unpaired) electrons. The van der Waals surface area contributed by atoms with E-state index in [2.05, 4.69) is 15.0 Å². The third-order valence-electron chi connectivity index (χ3n) is 6.66. The fraction of sp³-hybridized carbons (Fsp3) is 0.565. The molecule has 10 heteroatoms. The molecule has 0 spiro atoms. The summed E-state index contributed by atoms with van der Waals surface area (Å²) in [6.07, 6.45) is 6.98. The normalized spacial score (nSPS) is 21.9. The number of hydrogen-bond acceptors (Lipinski definition) is 6. The molecular weight excluding hydrogens is 482 g/mol. The van der Waals surface area contributed by atoms with Crippen molar-refractivity contribution in [1.29, 1.82) is 0 Å². The standard InChI is InChI=1S/C23H30ClN3O4S2/c1-14-21(32-23(25-14)26-22(29)16-4-2-3-5-16)17-8-11-19(24)20(12-17)33(30,31)27-18-9-6-15(13-28)7-10-18/h8,11-12,15-16,18,27-28H,2-7,9-10,13H2,1H3,(H,25,26,29). The van der Waals surface area contributed by atoms with Gasteiger partial charge in [-0.25, -0.2) is 18.1 Å². The van der Waals surface area contributed by atoms with E-state index < -0.39 is 10.0 Å². The number of rotatable bonds is 7. The Bertz CT molecular complexity index is 1100. The summed E-state index contributed by atoms with van der Waals surface area (Å²) in [5.74, 6) is 0.297. The van der Waals surface area contributed by atoms with E-state index in [0.29, 0.717) is 23.5 Å². The highest BCUT2D eigenvalue weighted by molar-refractivity contribution is 7.89. The molecule has 33 heavy (non-hydrogen) atoms. The minimum Gasteiger partial charge on any atom is -0.396 e. The van der Waals surface area contributed by atoms with Crippen LogP contribution in [0.25, 0.3) is 10.4 Å². The number of hydrogen-bond donors (Lipinski definition) is 3. The van der Waals surface area contributed by atoms with Crippen LogP contribution in [0.5, 0.6) is 0 Å². The highest BCUT2D eigenvalue weighted by Gasteiger charge is 2.28. The van der Waals surface area contributed by atoms with Crippen LogP contribution in [0.4, 0.5) is 5.13 Å². The first-order chi connectivity index (χ1) is 15.8. The van der Waals surface area contributed by atoms with E-state index in [1.165, 1.54) is 11.3 Å². The Morgan fingerprint density at radius 1 is 1.18 bits per heavy atom. The fourth-order valence-corrected chi connectivity index (χ4v) is 7.51. The first-order valence-electron chi connectivity index (χ1n) is 11.5. The van der Waals surface area contributed by atoms with Gasteiger partial charge in [-0.1, -0.05) is 41.8 Å². The summed E-state index contributed by atoms with van der Waals surface area (Å²) >= 11 is 7.63. The molecule has 180 valence electrons. The lowest BCUT2D eigenvalue weighted by Crippen LogP contribution is -2.38. The number of aromatic nitrogens is 1. The van der Waals surface area contributed by atoms with Gasteiger partial charge in [0.25, 0.3) is 0 Å². The number of aryl methyl sites for hydroxylation is 1. The van der Waals surface area contributed by atoms with Crippen molar-refractivity contribution in [3.05, 3.63) is 28.9 Å². The van der Waals surface area contributed by atoms with E-state index in [0.717, 1.165) is 49.1 Å². The molecule has 2 aliphatic rings. The number of nitrogens with one attached hydrogen (secondary N) is 2. The Balaban J connectivity index is 1.52. The van der Waals surface area contributed by atoms with Crippen molar-refractivity contribution < 1.29 is 18.3 Å². The van der Waals surface area contributed by atoms with Crippen molar-refractivity contribution in [2.75, 3.05) is 11.9 Å². The number of nitrogens with zero attached hydrogens (tertiary/aromatic N) is 1. The Labute approximate surface area is 204 Å². The van der Waals surface area contributed by atoms with E-state index >= 15 is 0 Å². The molecule has 0 bridgehead atoms. The number of thiazole rings is 1. The molecule has 0 atom stereocenters. The van der Waals surface area contributed by atoms with Crippen LogP contribution in [-0.2, 0) is 14.8 Å². The van der Waals surface area contributed by atoms with Crippen molar-refractivity contribution in [3.8, 4) is 10.4 Å². The Morgan fingerprint density at radius 2 is 1.88 bits per heavy atom. The van der Waals surface area contributed by atoms with Gasteiger partial charge in [0, 0.05) is 18.6 Å². The topological polar surface area (TPSA) is 108 Å². The SMILES string of the molecule is Cc1nc(NC(=O)C2CCCC2)sc1-c1ccc(Cl)c(S(=O)(=O)NC2CCC(CO)CC2)c1. The first kappa shape index (κ1) is 24.6. The molecular formula is C23H30ClN3O4S2. The number of aliphatic hydroxyl groups is 1. The number of amides is 1. The van der Waals surface area contributed by atoms with Gasteiger partial charge in [0.1, 0.15) is 4.90 Å². The van der Waals surface area contributed by atoms with Crippen LogP contribution in [0.15, 0.2) is 23.1 Å². The molecule has 1 amide bonds. The monoisotopic (exact) mass is 511 g/mol. The molecule has 2 aliphatic carbocycles. The predicted octanol–water partition coefficient (Wildman–Crippen LogP) is 4.73. The summed E-state index contributed by atoms with van der Waals surface area (Å²) in [6.45, 7) is 1.99. The van der Waals surface area contributed by atoms with Gasteiger partial charge in [-0.15, -0.1) is 0 Å². The Kier molecular flexibility index (Phi) is 7.75. The molecule has 0 saturated heterocycles. The number of sulfonamides is 1. The Morgan fingerprint density at radius 3 is 2.55 bits per heavy atom. The molecule has 7 nitrogen and oxygen atoms in total. The summed E-state index contributed by atoms with van der Waals surface area (Å²) < 4.78 is 29.0. The third kappa shape index (κ3) is 5.77. The number of carbonyl (C=O) groups is 1. The average molecular weight is 512 g/mol. The molecule has 1 aromatic carbocycles. The number of anilines is 1. The van der Waals surface area contributed by atoms with Crippen LogP contribution in [0.2, 0.25) is 5.02 Å². The molecule has 3 N–H and O–H groups in total. The zero-order valence-electron chi connectivity index (χ0n) is 18.6. The summed E-state index contributed by atoms with van der Waals surface area (Å²) in [4.78, 5) is 17.8. The number of benzene rings is 1. The van der Waals surface area contributed by atoms with E-state index in [1.54, 1.807) is 18.2 Å². The van der Waals surface area contributed by atoms with Gasteiger partial charge in [-0.2, -0.15) is 0 Å². The second kappa shape index (κ2) is 10.4. The van der Waals surface area contributed by atoms with Crippen molar-refractivity contribution in [2.24, 2.45) is 11.8 Å². The maximum absolute atomic E-state index is 13.1. The van der Waals surface area contributed by atoms with Crippen molar-refractivity contribution in [1.82, 2.24) is 9.71 Å². The van der Waals surface area contributed by atoms with Crippen molar-refractivity contribution in [2.45, 2.75) is 69.2 Å². The lowest BCUT2D eigenvalue weighted by atomic mass is 9.87. The van der Waals surface area contributed by atoms with Crippen LogP contribution in [-0.4, -0.2) is 37.1 Å². The van der Waals surface area contributed by atoms with Gasteiger partial charge in [-0.3, -0.25) is 4.79 Å². The minimum absolute atomic E-state index is 0.00675. The highest BCUT2D eigenvalue weighted by atomic mass is 35.5. The number of aliphatic hydroxyl groups excluding tert-OH is 1. The summed E-state index contributed by atoms with van der Waals surface area (Å²) in [5, 5.41) is 12.9. The molecule has 2 saturated carbocycles. The fourth-order valence-electron chi connectivity index (χ4n) is 4.71. The smallest absolute Gasteiger partial charge is 0.242 e. The van der Waals surface area contributed by atoms with Gasteiger partial charge in [-0.05, 0) is 69.1 Å². The van der Waals surface area contributed by atoms with Crippen LogP contribution in [0, 0.1) is 18.8 Å². The summed E-state index contributed by atoms with van der Waals surface area (Å²) in [6, 6.07) is 4.77. The minimum atomic E-state index is -3.81. The van der Waals surface area contributed by atoms with Crippen LogP contribution in [0.1, 0.15) is 57.1 Å². The maximum atomic E-state index is 13.1. The molecule has 0 aliphatic heterocycles. The lowest BCUT2D eigenvalue weighted by molar-refractivity contribution is -0.119. The molecule has 2 fully saturated rings. The van der Waals surface area contributed by atoms with Gasteiger partial charge >= 0.3 is 0 Å². The molecule has 4 rings (SSSR count). The van der Waals surface area contributed by atoms with Gasteiger partial charge in [0.15, 0.2) is 5.13 Å². The third-order valence-corrected chi connectivity index (χ3v) is 9.79. The van der Waals surface area contributed by atoms with Crippen molar-refractivity contribution >= 4 is 44.0 Å². The zero-order valence-corrected chi connectivity index (χ0v) is 21.0. The average Bonchev–Trinajstić information content (AvgIpc) is 3.44. The number of halogens is 1. The summed E-state index contributed by atoms with van der Waals surface area (Å²) in [5.41, 5.74) is 1.42. The molecule has 1 heterocycles. The lowest BCUT2D eigenvalue weighted by Gasteiger charge is -2.27. The van der Waals surface area contributed by atoms with E-state index in [1.807, 2.05) is 6.92 Å². The van der Waals surface area contributed by atoms with Gasteiger partial charge < -0.3 is 10.4 Å². The van der Waals surface area contributed by atoms with Gasteiger partial charge in [0.2, 0.25) is 15.9 Å². The largest absolute Gasteiger partial charge is 0.396 e. The van der Waals surface area contributed by atoms with Crippen LogP contribution < -0.4 is 10.0 Å². The predicted molar refractivity (Wildman–Crippen MR) is 131 cm³/mol. The molecule has 1 aromatic heterocycles. The maximum Gasteiger partial charge on any atom is 0.242 e. The second-order valence-corrected chi connectivity index (χ2v) is 12.2. The van der Waals surface area contributed by atoms with E-state index in [-0.39, 0.29) is 40.3 Å². The highest BCUT2D eigenvalue weighted by Crippen LogP contribution is 2.37. The zero-order chi connectivity index (χ0) is 23.6. The first-order valence-corrected chi connectivity index (χ1v) is 14.2. The summed E-state index contributed by atoms with van der Waals surface area (Å²) in [7, 11) is -3.81. The Hall–Kier alpha value is -1.52. The number of carbonyl (C=O) groups excluding carboxylic acids is 1.